The zero-order valence-corrected chi connectivity index (χ0v) is 15.6. The van der Waals surface area contributed by atoms with Gasteiger partial charge in [-0.1, -0.05) is 36.6 Å². The van der Waals surface area contributed by atoms with E-state index in [4.69, 9.17) is 11.6 Å². The molecule has 1 aliphatic rings. The van der Waals surface area contributed by atoms with Gasteiger partial charge in [0.15, 0.2) is 0 Å². The highest BCUT2D eigenvalue weighted by Crippen LogP contribution is 2.25. The molecule has 0 amide bonds. The number of halogens is 1. The highest BCUT2D eigenvalue weighted by molar-refractivity contribution is 7.87. The number of thiazole rings is 1. The lowest BCUT2D eigenvalue weighted by Crippen LogP contribution is -2.42. The molecule has 0 spiro atoms. The van der Waals surface area contributed by atoms with Crippen molar-refractivity contribution in [3.63, 3.8) is 0 Å². The van der Waals surface area contributed by atoms with Crippen molar-refractivity contribution in [3.8, 4) is 10.6 Å². The predicted molar refractivity (Wildman–Crippen MR) is 98.6 cm³/mol. The van der Waals surface area contributed by atoms with E-state index >= 15 is 0 Å². The van der Waals surface area contributed by atoms with E-state index < -0.39 is 10.2 Å². The Balaban J connectivity index is 1.51. The van der Waals surface area contributed by atoms with Crippen molar-refractivity contribution in [2.24, 2.45) is 0 Å². The van der Waals surface area contributed by atoms with E-state index in [1.54, 1.807) is 11.3 Å². The molecule has 5 nitrogen and oxygen atoms in total. The summed E-state index contributed by atoms with van der Waals surface area (Å²) in [5.41, 5.74) is 1.90. The molecule has 2 aromatic rings. The normalized spacial score (nSPS) is 15.9. The summed E-state index contributed by atoms with van der Waals surface area (Å²) in [4.78, 5) is 4.55. The van der Waals surface area contributed by atoms with Gasteiger partial charge in [0.1, 0.15) is 5.01 Å². The van der Waals surface area contributed by atoms with Gasteiger partial charge in [-0.25, -0.2) is 9.71 Å². The standard InChI is InChI=1S/C16H20ClN3O2S2/c17-13-7-5-12(6-8-13)16-19-15(11-23-16)9-10-18-24(21,22)20-14-3-1-2-4-14/h5-8,11,14,18,20H,1-4,9-10H2. The maximum absolute atomic E-state index is 12.0. The van der Waals surface area contributed by atoms with E-state index in [0.717, 1.165) is 41.9 Å². The van der Waals surface area contributed by atoms with Crippen LogP contribution in [-0.2, 0) is 16.6 Å². The maximum atomic E-state index is 12.0. The zero-order chi connectivity index (χ0) is 17.0. The van der Waals surface area contributed by atoms with Crippen LogP contribution >= 0.6 is 22.9 Å². The van der Waals surface area contributed by atoms with Gasteiger partial charge in [-0.15, -0.1) is 11.3 Å². The highest BCUT2D eigenvalue weighted by atomic mass is 35.5. The van der Waals surface area contributed by atoms with E-state index in [1.165, 1.54) is 0 Å². The number of hydrogen-bond donors (Lipinski definition) is 2. The first-order valence-corrected chi connectivity index (χ1v) is 10.7. The molecule has 0 radical (unpaired) electrons. The van der Waals surface area contributed by atoms with E-state index in [0.29, 0.717) is 18.0 Å². The zero-order valence-electron chi connectivity index (χ0n) is 13.2. The molecule has 0 atom stereocenters. The van der Waals surface area contributed by atoms with Crippen molar-refractivity contribution < 1.29 is 8.42 Å². The monoisotopic (exact) mass is 385 g/mol. The number of hydrogen-bond acceptors (Lipinski definition) is 4. The molecule has 0 bridgehead atoms. The summed E-state index contributed by atoms with van der Waals surface area (Å²) < 4.78 is 29.3. The third-order valence-corrected chi connectivity index (χ3v) is 6.41. The Morgan fingerprint density at radius 1 is 1.21 bits per heavy atom. The van der Waals surface area contributed by atoms with Gasteiger partial charge in [-0.3, -0.25) is 0 Å². The van der Waals surface area contributed by atoms with Crippen molar-refractivity contribution in [1.29, 1.82) is 0 Å². The number of aromatic nitrogens is 1. The first-order valence-electron chi connectivity index (χ1n) is 7.99. The van der Waals surface area contributed by atoms with Gasteiger partial charge in [0.05, 0.1) is 5.69 Å². The first-order chi connectivity index (χ1) is 11.5. The fraction of sp³-hybridized carbons (Fsp3) is 0.438. The summed E-state index contributed by atoms with van der Waals surface area (Å²) in [5, 5.41) is 3.57. The molecule has 130 valence electrons. The minimum absolute atomic E-state index is 0.0817. The lowest BCUT2D eigenvalue weighted by atomic mass is 10.2. The molecule has 1 aromatic heterocycles. The van der Waals surface area contributed by atoms with Crippen LogP contribution in [-0.4, -0.2) is 26.0 Å². The Hall–Kier alpha value is -0.990. The highest BCUT2D eigenvalue weighted by Gasteiger charge is 2.20. The van der Waals surface area contributed by atoms with Crippen LogP contribution < -0.4 is 9.44 Å². The molecule has 1 aliphatic carbocycles. The largest absolute Gasteiger partial charge is 0.277 e. The van der Waals surface area contributed by atoms with Gasteiger partial charge in [0.25, 0.3) is 10.2 Å². The molecule has 1 aromatic carbocycles. The van der Waals surface area contributed by atoms with Crippen LogP contribution in [0.15, 0.2) is 29.6 Å². The molecule has 1 fully saturated rings. The SMILES string of the molecule is O=S(=O)(NCCc1csc(-c2ccc(Cl)cc2)n1)NC1CCCC1. The van der Waals surface area contributed by atoms with Crippen LogP contribution in [0.3, 0.4) is 0 Å². The number of nitrogens with zero attached hydrogens (tertiary/aromatic N) is 1. The molecule has 1 heterocycles. The van der Waals surface area contributed by atoms with Crippen LogP contribution in [0.5, 0.6) is 0 Å². The van der Waals surface area contributed by atoms with Gasteiger partial charge in [0, 0.05) is 35.0 Å². The second-order valence-corrected chi connectivity index (χ2v) is 8.72. The Morgan fingerprint density at radius 2 is 1.92 bits per heavy atom. The fourth-order valence-corrected chi connectivity index (χ4v) is 4.88. The van der Waals surface area contributed by atoms with Crippen molar-refractivity contribution in [2.75, 3.05) is 6.54 Å². The van der Waals surface area contributed by atoms with Crippen LogP contribution in [0, 0.1) is 0 Å². The van der Waals surface area contributed by atoms with Gasteiger partial charge in [-0.05, 0) is 25.0 Å². The van der Waals surface area contributed by atoms with Crippen LogP contribution in [0.25, 0.3) is 10.6 Å². The van der Waals surface area contributed by atoms with Gasteiger partial charge in [0.2, 0.25) is 0 Å². The summed E-state index contributed by atoms with van der Waals surface area (Å²) in [7, 11) is -3.42. The summed E-state index contributed by atoms with van der Waals surface area (Å²) >= 11 is 7.43. The van der Waals surface area contributed by atoms with Crippen molar-refractivity contribution in [1.82, 2.24) is 14.4 Å². The van der Waals surface area contributed by atoms with E-state index in [9.17, 15) is 8.42 Å². The summed E-state index contributed by atoms with van der Waals surface area (Å²) in [6, 6.07) is 7.61. The van der Waals surface area contributed by atoms with Crippen molar-refractivity contribution in [2.45, 2.75) is 38.1 Å². The molecule has 0 aliphatic heterocycles. The molecule has 24 heavy (non-hydrogen) atoms. The van der Waals surface area contributed by atoms with E-state index in [-0.39, 0.29) is 6.04 Å². The summed E-state index contributed by atoms with van der Waals surface area (Å²) in [5.74, 6) is 0. The number of nitrogens with one attached hydrogen (secondary N) is 2. The molecule has 8 heteroatoms. The maximum Gasteiger partial charge on any atom is 0.277 e. The van der Waals surface area contributed by atoms with Gasteiger partial charge >= 0.3 is 0 Å². The summed E-state index contributed by atoms with van der Waals surface area (Å²) in [6.07, 6.45) is 4.61. The van der Waals surface area contributed by atoms with Gasteiger partial charge < -0.3 is 0 Å². The van der Waals surface area contributed by atoms with Crippen LogP contribution in [0.1, 0.15) is 31.4 Å². The Kier molecular flexibility index (Phi) is 5.89. The van der Waals surface area contributed by atoms with Gasteiger partial charge in [-0.2, -0.15) is 13.1 Å². The molecule has 3 rings (SSSR count). The van der Waals surface area contributed by atoms with E-state index in [1.807, 2.05) is 29.6 Å². The Labute approximate surface area is 151 Å². The van der Waals surface area contributed by atoms with Crippen LogP contribution in [0.2, 0.25) is 5.02 Å². The second kappa shape index (κ2) is 7.93. The third kappa shape index (κ3) is 5.00. The molecular weight excluding hydrogens is 366 g/mol. The number of rotatable bonds is 7. The molecule has 2 N–H and O–H groups in total. The quantitative estimate of drug-likeness (QED) is 0.767. The molecule has 0 saturated heterocycles. The smallest absolute Gasteiger partial charge is 0.241 e. The minimum atomic E-state index is -3.42. The number of benzene rings is 1. The fourth-order valence-electron chi connectivity index (χ4n) is 2.77. The first kappa shape index (κ1) is 17.8. The lowest BCUT2D eigenvalue weighted by molar-refractivity contribution is 0.539. The second-order valence-electron chi connectivity index (χ2n) is 5.90. The molecule has 0 unspecified atom stereocenters. The molecule has 1 saturated carbocycles. The molecular formula is C16H20ClN3O2S2. The predicted octanol–water partition coefficient (Wildman–Crippen LogP) is 3.37. The topological polar surface area (TPSA) is 71.1 Å². The lowest BCUT2D eigenvalue weighted by Gasteiger charge is -2.12. The Morgan fingerprint density at radius 3 is 2.62 bits per heavy atom. The Bertz CT molecular complexity index is 769. The third-order valence-electron chi connectivity index (χ3n) is 3.99. The minimum Gasteiger partial charge on any atom is -0.241 e. The average molecular weight is 386 g/mol. The summed E-state index contributed by atoms with van der Waals surface area (Å²) in [6.45, 7) is 0.339. The van der Waals surface area contributed by atoms with Crippen molar-refractivity contribution in [3.05, 3.63) is 40.4 Å². The van der Waals surface area contributed by atoms with Crippen LogP contribution in [0.4, 0.5) is 0 Å². The van der Waals surface area contributed by atoms with Crippen molar-refractivity contribution >= 4 is 33.1 Å². The van der Waals surface area contributed by atoms with E-state index in [2.05, 4.69) is 14.4 Å². The average Bonchev–Trinajstić information content (AvgIpc) is 3.19.